The van der Waals surface area contributed by atoms with Crippen molar-refractivity contribution < 1.29 is 4.74 Å². The summed E-state index contributed by atoms with van der Waals surface area (Å²) in [6, 6.07) is 18.7. The SMILES string of the molecule is CC(C)c1cccc(Oc2cc[c]cc2)c1. The van der Waals surface area contributed by atoms with Crippen LogP contribution in [0.5, 0.6) is 11.5 Å². The highest BCUT2D eigenvalue weighted by molar-refractivity contribution is 5.34. The van der Waals surface area contributed by atoms with Crippen LogP contribution < -0.4 is 4.74 Å². The Labute approximate surface area is 96.7 Å². The Morgan fingerprint density at radius 1 is 1.00 bits per heavy atom. The van der Waals surface area contributed by atoms with Crippen molar-refractivity contribution in [3.8, 4) is 11.5 Å². The van der Waals surface area contributed by atoms with Gasteiger partial charge in [0.25, 0.3) is 0 Å². The molecule has 0 bridgehead atoms. The zero-order valence-electron chi connectivity index (χ0n) is 9.60. The van der Waals surface area contributed by atoms with Gasteiger partial charge in [0.1, 0.15) is 11.5 Å². The summed E-state index contributed by atoms with van der Waals surface area (Å²) in [5.41, 5.74) is 1.29. The predicted octanol–water partition coefficient (Wildman–Crippen LogP) is 4.40. The number of benzene rings is 2. The molecule has 1 nitrogen and oxygen atoms in total. The van der Waals surface area contributed by atoms with Crippen molar-refractivity contribution in [3.05, 3.63) is 60.2 Å². The molecule has 0 saturated heterocycles. The van der Waals surface area contributed by atoms with Gasteiger partial charge in [0, 0.05) is 0 Å². The summed E-state index contributed by atoms with van der Waals surface area (Å²) in [6.45, 7) is 4.35. The largest absolute Gasteiger partial charge is 0.457 e. The first kappa shape index (κ1) is 10.7. The number of ether oxygens (including phenoxy) is 1. The average Bonchev–Trinajstić information content (AvgIpc) is 2.30. The van der Waals surface area contributed by atoms with Crippen LogP contribution in [0.4, 0.5) is 0 Å². The van der Waals surface area contributed by atoms with Gasteiger partial charge >= 0.3 is 0 Å². The van der Waals surface area contributed by atoms with Crippen molar-refractivity contribution in [1.29, 1.82) is 0 Å². The summed E-state index contributed by atoms with van der Waals surface area (Å²) in [5.74, 6) is 2.25. The molecule has 0 aliphatic rings. The van der Waals surface area contributed by atoms with E-state index in [1.54, 1.807) is 0 Å². The molecular formula is C15H15O. The number of hydrogen-bond donors (Lipinski definition) is 0. The molecule has 0 heterocycles. The lowest BCUT2D eigenvalue weighted by atomic mass is 10.0. The van der Waals surface area contributed by atoms with Gasteiger partial charge in [0.15, 0.2) is 0 Å². The molecule has 0 unspecified atom stereocenters. The fourth-order valence-electron chi connectivity index (χ4n) is 1.51. The van der Waals surface area contributed by atoms with Gasteiger partial charge in [-0.15, -0.1) is 0 Å². The van der Waals surface area contributed by atoms with Gasteiger partial charge in [-0.05, 0) is 41.8 Å². The van der Waals surface area contributed by atoms with E-state index in [-0.39, 0.29) is 0 Å². The van der Waals surface area contributed by atoms with Crippen LogP contribution in [0.2, 0.25) is 0 Å². The summed E-state index contributed by atoms with van der Waals surface area (Å²) in [4.78, 5) is 0. The normalized spacial score (nSPS) is 10.4. The molecule has 81 valence electrons. The molecule has 0 amide bonds. The second kappa shape index (κ2) is 4.84. The highest BCUT2D eigenvalue weighted by Crippen LogP contribution is 2.24. The van der Waals surface area contributed by atoms with Gasteiger partial charge in [-0.3, -0.25) is 0 Å². The van der Waals surface area contributed by atoms with E-state index in [0.29, 0.717) is 5.92 Å². The standard InChI is InChI=1S/C15H15O/c1-12(2)13-7-6-10-15(11-13)16-14-8-4-3-5-9-14/h4-12H,1-2H3. The Morgan fingerprint density at radius 3 is 2.44 bits per heavy atom. The summed E-state index contributed by atoms with van der Waals surface area (Å²) >= 11 is 0. The lowest BCUT2D eigenvalue weighted by Gasteiger charge is -2.09. The van der Waals surface area contributed by atoms with Crippen molar-refractivity contribution in [1.82, 2.24) is 0 Å². The minimum atomic E-state index is 0.521. The number of rotatable bonds is 3. The van der Waals surface area contributed by atoms with Crippen molar-refractivity contribution in [2.24, 2.45) is 0 Å². The molecule has 0 atom stereocenters. The summed E-state index contributed by atoms with van der Waals surface area (Å²) < 4.78 is 5.75. The maximum Gasteiger partial charge on any atom is 0.127 e. The molecule has 2 rings (SSSR count). The lowest BCUT2D eigenvalue weighted by molar-refractivity contribution is 0.481. The topological polar surface area (TPSA) is 9.23 Å². The van der Waals surface area contributed by atoms with Crippen LogP contribution >= 0.6 is 0 Å². The third kappa shape index (κ3) is 2.63. The van der Waals surface area contributed by atoms with Gasteiger partial charge in [-0.1, -0.05) is 38.1 Å². The summed E-state index contributed by atoms with van der Waals surface area (Å²) in [7, 11) is 0. The predicted molar refractivity (Wildman–Crippen MR) is 65.9 cm³/mol. The molecule has 0 aromatic heterocycles. The Hall–Kier alpha value is -1.76. The van der Waals surface area contributed by atoms with Crippen molar-refractivity contribution in [2.45, 2.75) is 19.8 Å². The van der Waals surface area contributed by atoms with Crippen LogP contribution in [0, 0.1) is 6.07 Å². The minimum Gasteiger partial charge on any atom is -0.457 e. The zero-order chi connectivity index (χ0) is 11.4. The van der Waals surface area contributed by atoms with Crippen molar-refractivity contribution in [3.63, 3.8) is 0 Å². The first-order valence-electron chi connectivity index (χ1n) is 5.49. The number of hydrogen-bond acceptors (Lipinski definition) is 1. The quantitative estimate of drug-likeness (QED) is 0.731. The molecule has 0 aliphatic carbocycles. The Balaban J connectivity index is 2.19. The highest BCUT2D eigenvalue weighted by atomic mass is 16.5. The van der Waals surface area contributed by atoms with E-state index in [4.69, 9.17) is 4.74 Å². The van der Waals surface area contributed by atoms with Gasteiger partial charge < -0.3 is 4.74 Å². The Kier molecular flexibility index (Phi) is 3.25. The molecular weight excluding hydrogens is 196 g/mol. The molecule has 16 heavy (non-hydrogen) atoms. The third-order valence-electron chi connectivity index (χ3n) is 2.45. The van der Waals surface area contributed by atoms with E-state index >= 15 is 0 Å². The summed E-state index contributed by atoms with van der Waals surface area (Å²) in [6.07, 6.45) is 0. The van der Waals surface area contributed by atoms with Crippen molar-refractivity contribution in [2.75, 3.05) is 0 Å². The molecule has 1 heteroatoms. The molecule has 0 N–H and O–H groups in total. The molecule has 1 radical (unpaired) electrons. The van der Waals surface area contributed by atoms with Crippen LogP contribution in [0.3, 0.4) is 0 Å². The van der Waals surface area contributed by atoms with E-state index in [1.165, 1.54) is 5.56 Å². The van der Waals surface area contributed by atoms with Gasteiger partial charge in [-0.2, -0.15) is 0 Å². The average molecular weight is 211 g/mol. The first-order valence-corrected chi connectivity index (χ1v) is 5.49. The smallest absolute Gasteiger partial charge is 0.127 e. The Bertz CT molecular complexity index is 446. The van der Waals surface area contributed by atoms with Crippen LogP contribution in [0.15, 0.2) is 48.5 Å². The molecule has 0 aliphatic heterocycles. The van der Waals surface area contributed by atoms with E-state index in [0.717, 1.165) is 11.5 Å². The van der Waals surface area contributed by atoms with E-state index in [9.17, 15) is 0 Å². The van der Waals surface area contributed by atoms with Crippen LogP contribution in [-0.2, 0) is 0 Å². The minimum absolute atomic E-state index is 0.521. The van der Waals surface area contributed by atoms with Gasteiger partial charge in [0.05, 0.1) is 0 Å². The fourth-order valence-corrected chi connectivity index (χ4v) is 1.51. The lowest BCUT2D eigenvalue weighted by Crippen LogP contribution is -1.89. The third-order valence-corrected chi connectivity index (χ3v) is 2.45. The van der Waals surface area contributed by atoms with Crippen molar-refractivity contribution >= 4 is 0 Å². The summed E-state index contributed by atoms with van der Waals surface area (Å²) in [5, 5.41) is 0. The fraction of sp³-hybridized carbons (Fsp3) is 0.200. The van der Waals surface area contributed by atoms with E-state index < -0.39 is 0 Å². The molecule has 2 aromatic carbocycles. The molecule has 2 aromatic rings. The Morgan fingerprint density at radius 2 is 1.75 bits per heavy atom. The van der Waals surface area contributed by atoms with Gasteiger partial charge in [-0.25, -0.2) is 0 Å². The monoisotopic (exact) mass is 211 g/mol. The van der Waals surface area contributed by atoms with Crippen LogP contribution in [-0.4, -0.2) is 0 Å². The van der Waals surface area contributed by atoms with E-state index in [2.05, 4.69) is 32.0 Å². The van der Waals surface area contributed by atoms with Gasteiger partial charge in [0.2, 0.25) is 0 Å². The second-order valence-corrected chi connectivity index (χ2v) is 4.06. The van der Waals surface area contributed by atoms with Crippen LogP contribution in [0.1, 0.15) is 25.3 Å². The van der Waals surface area contributed by atoms with Crippen LogP contribution in [0.25, 0.3) is 0 Å². The molecule has 0 fully saturated rings. The van der Waals surface area contributed by atoms with E-state index in [1.807, 2.05) is 36.4 Å². The first-order chi connectivity index (χ1) is 7.75. The second-order valence-electron chi connectivity index (χ2n) is 4.06. The maximum atomic E-state index is 5.75. The molecule has 0 spiro atoms. The zero-order valence-corrected chi connectivity index (χ0v) is 9.60. The molecule has 0 saturated carbocycles. The maximum absolute atomic E-state index is 5.75. The highest BCUT2D eigenvalue weighted by Gasteiger charge is 2.01.